The average molecular weight is 258 g/mol. The van der Waals surface area contributed by atoms with Crippen molar-refractivity contribution in [3.05, 3.63) is 58.5 Å². The molecule has 0 aliphatic heterocycles. The molecule has 1 unspecified atom stereocenters. The van der Waals surface area contributed by atoms with Gasteiger partial charge in [-0.2, -0.15) is 0 Å². The van der Waals surface area contributed by atoms with E-state index in [1.807, 2.05) is 0 Å². The first kappa shape index (κ1) is 11.7. The van der Waals surface area contributed by atoms with E-state index in [0.717, 1.165) is 5.22 Å². The highest BCUT2D eigenvalue weighted by molar-refractivity contribution is 6.08. The maximum Gasteiger partial charge on any atom is -0.00989 e. The fourth-order valence-corrected chi connectivity index (χ4v) is 3.58. The highest BCUT2D eigenvalue weighted by atomic mass is 14.2. The average Bonchev–Trinajstić information content (AvgIpc) is 2.48. The second-order valence-electron chi connectivity index (χ2n) is 5.93. The van der Waals surface area contributed by atoms with E-state index >= 15 is 0 Å². The van der Waals surface area contributed by atoms with Crippen molar-refractivity contribution in [2.45, 2.75) is 25.7 Å². The van der Waals surface area contributed by atoms with Gasteiger partial charge < -0.3 is 0 Å². The molecule has 98 valence electrons. The lowest BCUT2D eigenvalue weighted by Gasteiger charge is -2.18. The molecule has 0 heteroatoms. The minimum absolute atomic E-state index is 0.666. The molecule has 1 aliphatic carbocycles. The van der Waals surface area contributed by atoms with E-state index in [1.54, 1.807) is 0 Å². The van der Waals surface area contributed by atoms with Crippen LogP contribution in [0.5, 0.6) is 0 Å². The Labute approximate surface area is 119 Å². The third-order valence-electron chi connectivity index (χ3n) is 4.68. The molecule has 0 N–H and O–H groups in total. The molecule has 0 saturated carbocycles. The van der Waals surface area contributed by atoms with Crippen molar-refractivity contribution in [1.82, 2.24) is 0 Å². The molecule has 0 bridgehead atoms. The van der Waals surface area contributed by atoms with Crippen molar-refractivity contribution in [3.8, 4) is 0 Å². The molecule has 0 radical (unpaired) electrons. The molecule has 0 spiro atoms. The van der Waals surface area contributed by atoms with Crippen molar-refractivity contribution < 1.29 is 0 Å². The SMILES string of the molecule is C=c1cc2c3c(ccc2c2ccccc12)C(C)CCC=3. The highest BCUT2D eigenvalue weighted by Crippen LogP contribution is 2.27. The summed E-state index contributed by atoms with van der Waals surface area (Å²) in [5, 5.41) is 7.90. The summed E-state index contributed by atoms with van der Waals surface area (Å²) in [6.07, 6.45) is 4.86. The van der Waals surface area contributed by atoms with Crippen molar-refractivity contribution in [2.75, 3.05) is 0 Å². The Bertz CT molecular complexity index is 932. The first-order valence-electron chi connectivity index (χ1n) is 7.39. The molecule has 1 atom stereocenters. The lowest BCUT2D eigenvalue weighted by molar-refractivity contribution is 0.684. The van der Waals surface area contributed by atoms with Crippen LogP contribution in [-0.4, -0.2) is 0 Å². The van der Waals surface area contributed by atoms with Crippen LogP contribution in [0.4, 0.5) is 0 Å². The molecule has 0 amide bonds. The first-order chi connectivity index (χ1) is 9.75. The van der Waals surface area contributed by atoms with Gasteiger partial charge in [0.15, 0.2) is 0 Å². The van der Waals surface area contributed by atoms with Gasteiger partial charge >= 0.3 is 0 Å². The van der Waals surface area contributed by atoms with Gasteiger partial charge in [0, 0.05) is 0 Å². The van der Waals surface area contributed by atoms with Crippen molar-refractivity contribution in [1.29, 1.82) is 0 Å². The topological polar surface area (TPSA) is 0 Å². The van der Waals surface area contributed by atoms with Crippen LogP contribution in [0.1, 0.15) is 31.2 Å². The van der Waals surface area contributed by atoms with Gasteiger partial charge in [-0.3, -0.25) is 0 Å². The third-order valence-corrected chi connectivity index (χ3v) is 4.68. The molecule has 3 aromatic carbocycles. The maximum absolute atomic E-state index is 4.25. The minimum atomic E-state index is 0.666. The molecule has 0 nitrogen and oxygen atoms in total. The van der Waals surface area contributed by atoms with Crippen LogP contribution in [0.15, 0.2) is 42.5 Å². The Morgan fingerprint density at radius 1 is 0.950 bits per heavy atom. The van der Waals surface area contributed by atoms with Gasteiger partial charge in [-0.15, -0.1) is 0 Å². The Morgan fingerprint density at radius 3 is 2.55 bits per heavy atom. The van der Waals surface area contributed by atoms with Gasteiger partial charge in [-0.1, -0.05) is 56.0 Å². The van der Waals surface area contributed by atoms with E-state index in [-0.39, 0.29) is 0 Å². The van der Waals surface area contributed by atoms with Crippen molar-refractivity contribution in [3.63, 3.8) is 0 Å². The lowest BCUT2D eigenvalue weighted by atomic mass is 9.86. The summed E-state index contributed by atoms with van der Waals surface area (Å²) in [7, 11) is 0. The number of fused-ring (bicyclic) bond motifs is 5. The monoisotopic (exact) mass is 258 g/mol. The minimum Gasteiger partial charge on any atom is -0.0911 e. The van der Waals surface area contributed by atoms with E-state index in [1.165, 1.54) is 45.2 Å². The predicted octanol–water partition coefficient (Wildman–Crippen LogP) is 4.08. The third kappa shape index (κ3) is 1.54. The zero-order valence-corrected chi connectivity index (χ0v) is 11.8. The largest absolute Gasteiger partial charge is 0.0911 e. The van der Waals surface area contributed by atoms with Crippen LogP contribution in [0.3, 0.4) is 0 Å². The molecule has 20 heavy (non-hydrogen) atoms. The zero-order chi connectivity index (χ0) is 13.7. The Kier molecular flexibility index (Phi) is 2.47. The van der Waals surface area contributed by atoms with Gasteiger partial charge in [0.25, 0.3) is 0 Å². The quantitative estimate of drug-likeness (QED) is 0.533. The summed E-state index contributed by atoms with van der Waals surface area (Å²) in [6, 6.07) is 15.5. The summed E-state index contributed by atoms with van der Waals surface area (Å²) in [5.74, 6) is 0.666. The van der Waals surface area contributed by atoms with Crippen LogP contribution >= 0.6 is 0 Å². The Hall–Kier alpha value is -2.08. The van der Waals surface area contributed by atoms with Crippen molar-refractivity contribution >= 4 is 34.2 Å². The van der Waals surface area contributed by atoms with Crippen LogP contribution in [0, 0.1) is 0 Å². The van der Waals surface area contributed by atoms with Crippen LogP contribution in [-0.2, 0) is 0 Å². The lowest BCUT2D eigenvalue weighted by Crippen LogP contribution is -2.18. The number of rotatable bonds is 0. The van der Waals surface area contributed by atoms with Gasteiger partial charge in [0.1, 0.15) is 0 Å². The highest BCUT2D eigenvalue weighted by Gasteiger charge is 2.13. The predicted molar refractivity (Wildman–Crippen MR) is 88.3 cm³/mol. The second-order valence-corrected chi connectivity index (χ2v) is 5.93. The molecule has 0 saturated heterocycles. The summed E-state index contributed by atoms with van der Waals surface area (Å²) in [5.41, 5.74) is 1.50. The number of hydrogen-bond acceptors (Lipinski definition) is 0. The molecule has 1 aliphatic rings. The van der Waals surface area contributed by atoms with Gasteiger partial charge in [-0.25, -0.2) is 0 Å². The molecule has 3 aromatic rings. The van der Waals surface area contributed by atoms with Crippen LogP contribution < -0.4 is 10.4 Å². The molecular formula is C20H18. The molecule has 0 fully saturated rings. The smallest absolute Gasteiger partial charge is 0.00989 e. The zero-order valence-electron chi connectivity index (χ0n) is 11.8. The number of benzene rings is 3. The van der Waals surface area contributed by atoms with E-state index in [2.05, 4.69) is 62.0 Å². The fraction of sp³-hybridized carbons (Fsp3) is 0.200. The van der Waals surface area contributed by atoms with Gasteiger partial charge in [0.2, 0.25) is 0 Å². The summed E-state index contributed by atoms with van der Waals surface area (Å²) >= 11 is 0. The number of hydrogen-bond donors (Lipinski definition) is 0. The van der Waals surface area contributed by atoms with E-state index in [9.17, 15) is 0 Å². The van der Waals surface area contributed by atoms with E-state index in [4.69, 9.17) is 0 Å². The molecular weight excluding hydrogens is 240 g/mol. The Balaban J connectivity index is 2.27. The molecule has 0 heterocycles. The summed E-state index contributed by atoms with van der Waals surface area (Å²) in [6.45, 7) is 6.59. The van der Waals surface area contributed by atoms with Crippen LogP contribution in [0.2, 0.25) is 0 Å². The normalized spacial score (nSPS) is 17.9. The van der Waals surface area contributed by atoms with E-state index in [0.29, 0.717) is 5.92 Å². The summed E-state index contributed by atoms with van der Waals surface area (Å²) < 4.78 is 0. The van der Waals surface area contributed by atoms with Crippen molar-refractivity contribution in [2.24, 2.45) is 0 Å². The molecule has 0 aromatic heterocycles. The van der Waals surface area contributed by atoms with E-state index < -0.39 is 0 Å². The summed E-state index contributed by atoms with van der Waals surface area (Å²) in [4.78, 5) is 0. The first-order valence-corrected chi connectivity index (χ1v) is 7.39. The second kappa shape index (κ2) is 4.21. The Morgan fingerprint density at radius 2 is 1.70 bits per heavy atom. The van der Waals surface area contributed by atoms with Gasteiger partial charge in [0.05, 0.1) is 0 Å². The fourth-order valence-electron chi connectivity index (χ4n) is 3.58. The van der Waals surface area contributed by atoms with Gasteiger partial charge in [-0.05, 0) is 62.4 Å². The maximum atomic E-state index is 4.25. The molecule has 4 rings (SSSR count). The van der Waals surface area contributed by atoms with Crippen LogP contribution in [0.25, 0.3) is 34.2 Å². The standard InChI is InChI=1S/C20H18/c1-13-6-5-9-18-16(13)10-11-19-17-8-4-3-7-15(17)14(2)12-20(18)19/h3-4,7-13H,2,5-6H2,1H3.